The zero-order chi connectivity index (χ0) is 11.7. The Bertz CT molecular complexity index is 500. The second kappa shape index (κ2) is 4.19. The normalized spacial score (nSPS) is 24.1. The molecule has 1 saturated heterocycles. The fourth-order valence-corrected chi connectivity index (χ4v) is 1.81. The van der Waals surface area contributed by atoms with Crippen molar-refractivity contribution >= 4 is 0 Å². The van der Waals surface area contributed by atoms with Crippen LogP contribution in [0, 0.1) is 0 Å². The summed E-state index contributed by atoms with van der Waals surface area (Å²) in [7, 11) is 0. The summed E-state index contributed by atoms with van der Waals surface area (Å²) < 4.78 is 5.16. The van der Waals surface area contributed by atoms with Crippen LogP contribution in [0.4, 0.5) is 0 Å². The van der Waals surface area contributed by atoms with E-state index in [0.717, 1.165) is 0 Å². The minimum absolute atomic E-state index is 0.0758. The molecule has 0 bridgehead atoms. The SMILES string of the molecule is O[C@H]1CN[C@H](c2nc(-c3ccncn3)no2)C1. The summed E-state index contributed by atoms with van der Waals surface area (Å²) in [6.45, 7) is 0.551. The average Bonchev–Trinajstić information content (AvgIpc) is 2.98. The molecule has 0 unspecified atom stereocenters. The first-order valence-corrected chi connectivity index (χ1v) is 5.34. The maximum atomic E-state index is 9.41. The van der Waals surface area contributed by atoms with Crippen molar-refractivity contribution in [2.75, 3.05) is 6.54 Å². The van der Waals surface area contributed by atoms with Gasteiger partial charge in [-0.1, -0.05) is 5.16 Å². The molecule has 0 aromatic carbocycles. The van der Waals surface area contributed by atoms with Crippen LogP contribution >= 0.6 is 0 Å². The predicted molar refractivity (Wildman–Crippen MR) is 56.7 cm³/mol. The van der Waals surface area contributed by atoms with E-state index in [0.29, 0.717) is 30.4 Å². The van der Waals surface area contributed by atoms with Gasteiger partial charge in [0.15, 0.2) is 0 Å². The van der Waals surface area contributed by atoms with Gasteiger partial charge in [0.25, 0.3) is 0 Å². The van der Waals surface area contributed by atoms with Crippen molar-refractivity contribution in [1.82, 2.24) is 25.4 Å². The van der Waals surface area contributed by atoms with Gasteiger partial charge in [0.1, 0.15) is 12.0 Å². The van der Waals surface area contributed by atoms with E-state index in [1.54, 1.807) is 12.3 Å². The molecule has 17 heavy (non-hydrogen) atoms. The summed E-state index contributed by atoms with van der Waals surface area (Å²) in [6, 6.07) is 1.64. The van der Waals surface area contributed by atoms with Crippen LogP contribution in [0.25, 0.3) is 11.5 Å². The van der Waals surface area contributed by atoms with Gasteiger partial charge in [-0.2, -0.15) is 4.98 Å². The van der Waals surface area contributed by atoms with E-state index in [2.05, 4.69) is 25.4 Å². The van der Waals surface area contributed by atoms with Gasteiger partial charge in [0.2, 0.25) is 11.7 Å². The monoisotopic (exact) mass is 233 g/mol. The molecule has 0 aliphatic carbocycles. The highest BCUT2D eigenvalue weighted by atomic mass is 16.5. The molecule has 1 fully saturated rings. The summed E-state index contributed by atoms with van der Waals surface area (Å²) in [5.41, 5.74) is 0.619. The van der Waals surface area contributed by atoms with E-state index in [-0.39, 0.29) is 12.1 Å². The van der Waals surface area contributed by atoms with E-state index >= 15 is 0 Å². The highest BCUT2D eigenvalue weighted by molar-refractivity contribution is 5.46. The van der Waals surface area contributed by atoms with Crippen molar-refractivity contribution in [2.24, 2.45) is 0 Å². The average molecular weight is 233 g/mol. The summed E-state index contributed by atoms with van der Waals surface area (Å²) in [4.78, 5) is 12.1. The van der Waals surface area contributed by atoms with Crippen molar-refractivity contribution in [1.29, 1.82) is 0 Å². The maximum absolute atomic E-state index is 9.41. The number of hydrogen-bond acceptors (Lipinski definition) is 7. The van der Waals surface area contributed by atoms with Gasteiger partial charge in [0.05, 0.1) is 12.1 Å². The zero-order valence-corrected chi connectivity index (χ0v) is 8.95. The molecule has 7 nitrogen and oxygen atoms in total. The number of aromatic nitrogens is 4. The summed E-state index contributed by atoms with van der Waals surface area (Å²) in [6.07, 6.45) is 3.29. The third-order valence-corrected chi connectivity index (χ3v) is 2.66. The fourth-order valence-electron chi connectivity index (χ4n) is 1.81. The number of rotatable bonds is 2. The van der Waals surface area contributed by atoms with Gasteiger partial charge in [-0.25, -0.2) is 9.97 Å². The molecule has 0 saturated carbocycles. The smallest absolute Gasteiger partial charge is 0.244 e. The van der Waals surface area contributed by atoms with Gasteiger partial charge in [0, 0.05) is 12.7 Å². The Morgan fingerprint density at radius 1 is 1.47 bits per heavy atom. The van der Waals surface area contributed by atoms with Crippen LogP contribution in [0.15, 0.2) is 23.1 Å². The molecule has 2 aromatic heterocycles. The molecule has 0 amide bonds. The molecule has 1 aliphatic heterocycles. The van der Waals surface area contributed by atoms with Gasteiger partial charge in [-0.3, -0.25) is 0 Å². The van der Waals surface area contributed by atoms with Crippen LogP contribution in [-0.2, 0) is 0 Å². The van der Waals surface area contributed by atoms with Crippen LogP contribution < -0.4 is 5.32 Å². The first-order chi connectivity index (χ1) is 8.33. The van der Waals surface area contributed by atoms with Crippen LogP contribution in [-0.4, -0.2) is 37.9 Å². The second-order valence-electron chi connectivity index (χ2n) is 3.90. The van der Waals surface area contributed by atoms with E-state index in [1.807, 2.05) is 0 Å². The first kappa shape index (κ1) is 10.3. The molecule has 0 radical (unpaired) electrons. The highest BCUT2D eigenvalue weighted by Crippen LogP contribution is 2.23. The molecule has 2 aromatic rings. The number of β-amino-alcohol motifs (C(OH)–C–C–N with tert-alkyl or cyclic N) is 1. The Hall–Kier alpha value is -1.86. The number of aliphatic hydroxyl groups excluding tert-OH is 1. The molecular formula is C10H11N5O2. The van der Waals surface area contributed by atoms with E-state index in [9.17, 15) is 5.11 Å². The van der Waals surface area contributed by atoms with Gasteiger partial charge in [-0.15, -0.1) is 0 Å². The van der Waals surface area contributed by atoms with Crippen LogP contribution in [0.5, 0.6) is 0 Å². The first-order valence-electron chi connectivity index (χ1n) is 5.34. The molecule has 2 atom stereocenters. The lowest BCUT2D eigenvalue weighted by Crippen LogP contribution is -2.15. The Labute approximate surface area is 96.9 Å². The summed E-state index contributed by atoms with van der Waals surface area (Å²) >= 11 is 0. The number of hydrogen-bond donors (Lipinski definition) is 2. The molecule has 3 rings (SSSR count). The van der Waals surface area contributed by atoms with E-state index < -0.39 is 0 Å². The minimum Gasteiger partial charge on any atom is -0.392 e. The van der Waals surface area contributed by atoms with Crippen molar-refractivity contribution < 1.29 is 9.63 Å². The quantitative estimate of drug-likeness (QED) is 0.748. The topological polar surface area (TPSA) is 97.0 Å². The molecular weight excluding hydrogens is 222 g/mol. The predicted octanol–water partition coefficient (Wildman–Crippen LogP) is -0.0781. The third-order valence-electron chi connectivity index (χ3n) is 2.66. The lowest BCUT2D eigenvalue weighted by molar-refractivity contribution is 0.191. The number of nitrogens with zero attached hydrogens (tertiary/aromatic N) is 4. The number of nitrogens with one attached hydrogen (secondary N) is 1. The fraction of sp³-hybridized carbons (Fsp3) is 0.400. The summed E-state index contributed by atoms with van der Waals surface area (Å²) in [5, 5.41) is 16.4. The van der Waals surface area contributed by atoms with Crippen LogP contribution in [0.2, 0.25) is 0 Å². The minimum atomic E-state index is -0.352. The highest BCUT2D eigenvalue weighted by Gasteiger charge is 2.28. The number of aliphatic hydroxyl groups is 1. The third kappa shape index (κ3) is 2.02. The van der Waals surface area contributed by atoms with Crippen molar-refractivity contribution in [2.45, 2.75) is 18.6 Å². The van der Waals surface area contributed by atoms with Crippen molar-refractivity contribution in [3.8, 4) is 11.5 Å². The van der Waals surface area contributed by atoms with Gasteiger partial charge in [-0.05, 0) is 12.5 Å². The Morgan fingerprint density at radius 2 is 2.41 bits per heavy atom. The van der Waals surface area contributed by atoms with Gasteiger partial charge >= 0.3 is 0 Å². The molecule has 7 heteroatoms. The second-order valence-corrected chi connectivity index (χ2v) is 3.90. The van der Waals surface area contributed by atoms with Crippen LogP contribution in [0.3, 0.4) is 0 Å². The Morgan fingerprint density at radius 3 is 3.12 bits per heavy atom. The van der Waals surface area contributed by atoms with Gasteiger partial charge < -0.3 is 14.9 Å². The maximum Gasteiger partial charge on any atom is 0.244 e. The Kier molecular flexibility index (Phi) is 2.54. The van der Waals surface area contributed by atoms with Crippen LogP contribution in [0.1, 0.15) is 18.4 Å². The van der Waals surface area contributed by atoms with E-state index in [4.69, 9.17) is 4.52 Å². The lowest BCUT2D eigenvalue weighted by Gasteiger charge is -2.01. The summed E-state index contributed by atoms with van der Waals surface area (Å²) in [5.74, 6) is 0.917. The largest absolute Gasteiger partial charge is 0.392 e. The molecule has 88 valence electrons. The lowest BCUT2D eigenvalue weighted by atomic mass is 10.2. The molecule has 2 N–H and O–H groups in total. The van der Waals surface area contributed by atoms with Crippen molar-refractivity contribution in [3.63, 3.8) is 0 Å². The Balaban J connectivity index is 1.84. The van der Waals surface area contributed by atoms with Crippen molar-refractivity contribution in [3.05, 3.63) is 24.5 Å². The van der Waals surface area contributed by atoms with E-state index in [1.165, 1.54) is 6.33 Å². The molecule has 3 heterocycles. The standard InChI is InChI=1S/C10H11N5O2/c16-6-3-8(12-4-6)10-14-9(15-17-10)7-1-2-11-5-13-7/h1-2,5-6,8,12,16H,3-4H2/t6-,8+/m1/s1. The molecule has 1 aliphatic rings. The molecule has 0 spiro atoms. The zero-order valence-electron chi connectivity index (χ0n) is 8.95.